The fraction of sp³-hybridized carbons (Fsp3) is 0.118. The van der Waals surface area contributed by atoms with E-state index in [2.05, 4.69) is 32.6 Å². The normalized spacial score (nSPS) is 10.4. The maximum absolute atomic E-state index is 12.0. The quantitative estimate of drug-likeness (QED) is 0.674. The number of H-pyrrole nitrogens is 2. The van der Waals surface area contributed by atoms with Gasteiger partial charge in [0.2, 0.25) is 5.56 Å². The Labute approximate surface area is 132 Å². The number of hydrogen-bond acceptors (Lipinski definition) is 3. The molecule has 0 bridgehead atoms. The maximum Gasteiger partial charge on any atom is 0.258 e. The van der Waals surface area contributed by atoms with Crippen molar-refractivity contribution in [2.24, 2.45) is 0 Å². The van der Waals surface area contributed by atoms with E-state index in [1.165, 1.54) is 23.9 Å². The lowest BCUT2D eigenvalue weighted by molar-refractivity contribution is 0.102. The first kappa shape index (κ1) is 14.8. The fourth-order valence-electron chi connectivity index (χ4n) is 2.22. The van der Waals surface area contributed by atoms with Crippen LogP contribution in [0, 0.1) is 0 Å². The van der Waals surface area contributed by atoms with E-state index in [-0.39, 0.29) is 11.5 Å². The Morgan fingerprint density at radius 2 is 1.91 bits per heavy atom. The summed E-state index contributed by atoms with van der Waals surface area (Å²) in [4.78, 5) is 25.5. The van der Waals surface area contributed by atoms with Gasteiger partial charge in [-0.15, -0.1) is 0 Å². The van der Waals surface area contributed by atoms with Crippen molar-refractivity contribution in [1.29, 1.82) is 0 Å². The van der Waals surface area contributed by atoms with Crippen LogP contribution in [0.25, 0.3) is 0 Å². The summed E-state index contributed by atoms with van der Waals surface area (Å²) in [6, 6.07) is 14.8. The van der Waals surface area contributed by atoms with Crippen LogP contribution in [0.5, 0.6) is 0 Å². The van der Waals surface area contributed by atoms with Gasteiger partial charge in [-0.25, -0.2) is 0 Å². The predicted octanol–water partition coefficient (Wildman–Crippen LogP) is 2.14. The first-order chi connectivity index (χ1) is 11.2. The number of hydrogen-bond donors (Lipinski definition) is 3. The number of amides is 1. The topological polar surface area (TPSA) is 90.6 Å². The summed E-state index contributed by atoms with van der Waals surface area (Å²) in [6.07, 6.45) is 3.09. The third-order valence-electron chi connectivity index (χ3n) is 3.44. The highest BCUT2D eigenvalue weighted by atomic mass is 16.2. The molecule has 6 heteroatoms. The fourth-order valence-corrected chi connectivity index (χ4v) is 2.22. The Hall–Kier alpha value is -3.15. The second-order valence-corrected chi connectivity index (χ2v) is 5.16. The smallest absolute Gasteiger partial charge is 0.258 e. The van der Waals surface area contributed by atoms with Gasteiger partial charge in [-0.2, -0.15) is 5.10 Å². The molecule has 1 aromatic carbocycles. The summed E-state index contributed by atoms with van der Waals surface area (Å²) in [5.41, 5.74) is 2.33. The van der Waals surface area contributed by atoms with E-state index >= 15 is 0 Å². The average Bonchev–Trinajstić information content (AvgIpc) is 3.02. The standard InChI is InChI=1S/C17H16N4O2/c22-16-9-7-13(11-18-16)17(23)19-15-10-14(20-21-15)8-6-12-4-2-1-3-5-12/h1-5,7,9-11H,6,8H2,(H,18,22)(H2,19,20,21,23). The van der Waals surface area contributed by atoms with Gasteiger partial charge in [0.15, 0.2) is 5.82 Å². The number of carbonyl (C=O) groups is 1. The van der Waals surface area contributed by atoms with Crippen molar-refractivity contribution < 1.29 is 4.79 Å². The maximum atomic E-state index is 12.0. The monoisotopic (exact) mass is 308 g/mol. The van der Waals surface area contributed by atoms with E-state index in [1.807, 2.05) is 24.3 Å². The van der Waals surface area contributed by atoms with Crippen molar-refractivity contribution in [1.82, 2.24) is 15.2 Å². The SMILES string of the molecule is O=C(Nc1cc(CCc2ccccc2)[nH]n1)c1ccc(=O)[nH]c1. The highest BCUT2D eigenvalue weighted by Gasteiger charge is 2.08. The van der Waals surface area contributed by atoms with Gasteiger partial charge in [0, 0.05) is 24.0 Å². The predicted molar refractivity (Wildman–Crippen MR) is 87.5 cm³/mol. The molecule has 3 rings (SSSR count). The molecule has 0 aliphatic heterocycles. The summed E-state index contributed by atoms with van der Waals surface area (Å²) in [5.74, 6) is 0.145. The Morgan fingerprint density at radius 3 is 2.65 bits per heavy atom. The number of carbonyl (C=O) groups excluding carboxylic acids is 1. The summed E-state index contributed by atoms with van der Waals surface area (Å²) < 4.78 is 0. The summed E-state index contributed by atoms with van der Waals surface area (Å²) in [7, 11) is 0. The van der Waals surface area contributed by atoms with Gasteiger partial charge in [0.05, 0.1) is 5.56 Å². The molecule has 1 amide bonds. The van der Waals surface area contributed by atoms with E-state index in [1.54, 1.807) is 0 Å². The number of aryl methyl sites for hydroxylation is 2. The van der Waals surface area contributed by atoms with E-state index in [0.717, 1.165) is 18.5 Å². The molecular weight excluding hydrogens is 292 g/mol. The van der Waals surface area contributed by atoms with Crippen molar-refractivity contribution in [3.8, 4) is 0 Å². The second-order valence-electron chi connectivity index (χ2n) is 5.16. The zero-order valence-electron chi connectivity index (χ0n) is 12.4. The van der Waals surface area contributed by atoms with Crippen LogP contribution in [0.3, 0.4) is 0 Å². The largest absolute Gasteiger partial charge is 0.328 e. The van der Waals surface area contributed by atoms with E-state index in [0.29, 0.717) is 11.4 Å². The number of nitrogens with zero attached hydrogens (tertiary/aromatic N) is 1. The molecule has 2 aromatic heterocycles. The molecule has 116 valence electrons. The van der Waals surface area contributed by atoms with E-state index in [9.17, 15) is 9.59 Å². The molecule has 0 saturated carbocycles. The van der Waals surface area contributed by atoms with E-state index < -0.39 is 0 Å². The molecule has 3 aromatic rings. The molecule has 0 saturated heterocycles. The van der Waals surface area contributed by atoms with Crippen LogP contribution in [0.2, 0.25) is 0 Å². The van der Waals surface area contributed by atoms with E-state index in [4.69, 9.17) is 0 Å². The first-order valence-electron chi connectivity index (χ1n) is 7.29. The number of rotatable bonds is 5. The van der Waals surface area contributed by atoms with Crippen molar-refractivity contribution >= 4 is 11.7 Å². The van der Waals surface area contributed by atoms with Crippen molar-refractivity contribution in [2.45, 2.75) is 12.8 Å². The summed E-state index contributed by atoms with van der Waals surface area (Å²) in [6.45, 7) is 0. The Bertz CT molecular complexity index is 832. The summed E-state index contributed by atoms with van der Waals surface area (Å²) in [5, 5.41) is 9.69. The zero-order chi connectivity index (χ0) is 16.1. The number of aromatic amines is 2. The molecule has 2 heterocycles. The van der Waals surface area contributed by atoms with Crippen LogP contribution < -0.4 is 10.9 Å². The Morgan fingerprint density at radius 1 is 1.09 bits per heavy atom. The second kappa shape index (κ2) is 6.74. The van der Waals surface area contributed by atoms with Gasteiger partial charge in [-0.1, -0.05) is 30.3 Å². The highest BCUT2D eigenvalue weighted by molar-refractivity contribution is 6.03. The lowest BCUT2D eigenvalue weighted by atomic mass is 10.1. The molecule has 0 radical (unpaired) electrons. The zero-order valence-corrected chi connectivity index (χ0v) is 12.4. The van der Waals surface area contributed by atoms with Gasteiger partial charge in [0.25, 0.3) is 5.91 Å². The average molecular weight is 308 g/mol. The number of aromatic nitrogens is 3. The Balaban J connectivity index is 1.59. The van der Waals surface area contributed by atoms with Gasteiger partial charge in [-0.05, 0) is 24.5 Å². The molecule has 0 unspecified atom stereocenters. The van der Waals surface area contributed by atoms with Crippen LogP contribution in [0.15, 0.2) is 59.5 Å². The molecule has 3 N–H and O–H groups in total. The lowest BCUT2D eigenvalue weighted by Crippen LogP contribution is -2.14. The molecule has 0 spiro atoms. The Kier molecular flexibility index (Phi) is 4.33. The first-order valence-corrected chi connectivity index (χ1v) is 7.29. The minimum Gasteiger partial charge on any atom is -0.328 e. The van der Waals surface area contributed by atoms with Crippen molar-refractivity contribution in [3.63, 3.8) is 0 Å². The van der Waals surface area contributed by atoms with Crippen LogP contribution in [-0.4, -0.2) is 21.1 Å². The number of benzene rings is 1. The highest BCUT2D eigenvalue weighted by Crippen LogP contribution is 2.10. The lowest BCUT2D eigenvalue weighted by Gasteiger charge is -2.00. The third-order valence-corrected chi connectivity index (χ3v) is 3.44. The minimum absolute atomic E-state index is 0.246. The number of anilines is 1. The third kappa shape index (κ3) is 3.94. The van der Waals surface area contributed by atoms with Gasteiger partial charge >= 0.3 is 0 Å². The molecule has 6 nitrogen and oxygen atoms in total. The van der Waals surface area contributed by atoms with Gasteiger partial charge < -0.3 is 10.3 Å². The van der Waals surface area contributed by atoms with Crippen molar-refractivity contribution in [2.75, 3.05) is 5.32 Å². The van der Waals surface area contributed by atoms with Crippen LogP contribution in [0.1, 0.15) is 21.6 Å². The number of pyridine rings is 1. The number of nitrogens with one attached hydrogen (secondary N) is 3. The van der Waals surface area contributed by atoms with Crippen LogP contribution >= 0.6 is 0 Å². The van der Waals surface area contributed by atoms with Crippen LogP contribution in [0.4, 0.5) is 5.82 Å². The summed E-state index contributed by atoms with van der Waals surface area (Å²) >= 11 is 0. The van der Waals surface area contributed by atoms with Gasteiger partial charge in [0.1, 0.15) is 0 Å². The molecule has 0 aliphatic carbocycles. The molecule has 0 atom stereocenters. The minimum atomic E-state index is -0.317. The molecular formula is C17H16N4O2. The van der Waals surface area contributed by atoms with Crippen LogP contribution in [-0.2, 0) is 12.8 Å². The van der Waals surface area contributed by atoms with Crippen molar-refractivity contribution in [3.05, 3.63) is 81.9 Å². The molecule has 0 fully saturated rings. The molecule has 0 aliphatic rings. The molecule has 23 heavy (non-hydrogen) atoms. The van der Waals surface area contributed by atoms with Gasteiger partial charge in [-0.3, -0.25) is 14.7 Å².